The number of ether oxygens (including phenoxy) is 1. The van der Waals surface area contributed by atoms with E-state index in [1.807, 2.05) is 0 Å². The van der Waals surface area contributed by atoms with Gasteiger partial charge < -0.3 is 9.64 Å². The molecule has 0 aromatic carbocycles. The summed E-state index contributed by atoms with van der Waals surface area (Å²) >= 11 is 0. The molecule has 0 spiro atoms. The molecule has 3 nitrogen and oxygen atoms in total. The second-order valence-corrected chi connectivity index (χ2v) is 3.87. The minimum atomic E-state index is 0.530. The SMILES string of the molecule is CCCCN(CCCC)CCCOC=O. The molecule has 0 aliphatic rings. The van der Waals surface area contributed by atoms with Gasteiger partial charge in [0.1, 0.15) is 0 Å². The lowest BCUT2D eigenvalue weighted by Crippen LogP contribution is -2.27. The van der Waals surface area contributed by atoms with Crippen molar-refractivity contribution in [1.29, 1.82) is 0 Å². The predicted octanol–water partition coefficient (Wildman–Crippen LogP) is 2.45. The van der Waals surface area contributed by atoms with Gasteiger partial charge >= 0.3 is 0 Å². The zero-order valence-corrected chi connectivity index (χ0v) is 10.2. The summed E-state index contributed by atoms with van der Waals surface area (Å²) in [4.78, 5) is 12.4. The quantitative estimate of drug-likeness (QED) is 0.391. The van der Waals surface area contributed by atoms with Crippen molar-refractivity contribution in [2.24, 2.45) is 0 Å². The molecule has 0 aromatic rings. The van der Waals surface area contributed by atoms with E-state index >= 15 is 0 Å². The van der Waals surface area contributed by atoms with Crippen molar-refractivity contribution in [2.45, 2.75) is 46.0 Å². The number of hydrogen-bond donors (Lipinski definition) is 0. The molecule has 0 N–H and O–H groups in total. The Balaban J connectivity index is 3.53. The fourth-order valence-electron chi connectivity index (χ4n) is 1.52. The van der Waals surface area contributed by atoms with Crippen LogP contribution in [0.4, 0.5) is 0 Å². The van der Waals surface area contributed by atoms with Crippen LogP contribution in [0.5, 0.6) is 0 Å². The maximum atomic E-state index is 9.96. The average molecular weight is 215 g/mol. The lowest BCUT2D eigenvalue weighted by atomic mass is 10.2. The van der Waals surface area contributed by atoms with E-state index in [1.54, 1.807) is 0 Å². The molecule has 0 aliphatic carbocycles. The highest BCUT2D eigenvalue weighted by Gasteiger charge is 2.02. The minimum Gasteiger partial charge on any atom is -0.468 e. The topological polar surface area (TPSA) is 29.5 Å². The van der Waals surface area contributed by atoms with E-state index in [1.165, 1.54) is 38.8 Å². The largest absolute Gasteiger partial charge is 0.468 e. The molecule has 0 amide bonds. The zero-order valence-electron chi connectivity index (χ0n) is 10.2. The predicted molar refractivity (Wildman–Crippen MR) is 62.9 cm³/mol. The molecule has 90 valence electrons. The molecular formula is C12H25NO2. The Kier molecular flexibility index (Phi) is 11.1. The smallest absolute Gasteiger partial charge is 0.293 e. The molecule has 0 rings (SSSR count). The van der Waals surface area contributed by atoms with Crippen molar-refractivity contribution in [3.05, 3.63) is 0 Å². The van der Waals surface area contributed by atoms with E-state index in [0.29, 0.717) is 13.1 Å². The Bertz CT molecular complexity index is 132. The fraction of sp³-hybridized carbons (Fsp3) is 0.917. The van der Waals surface area contributed by atoms with Gasteiger partial charge in [0.15, 0.2) is 0 Å². The van der Waals surface area contributed by atoms with Gasteiger partial charge in [-0.15, -0.1) is 0 Å². The van der Waals surface area contributed by atoms with E-state index in [2.05, 4.69) is 23.5 Å². The molecule has 0 unspecified atom stereocenters. The van der Waals surface area contributed by atoms with Crippen molar-refractivity contribution in [3.63, 3.8) is 0 Å². The van der Waals surface area contributed by atoms with Gasteiger partial charge in [-0.25, -0.2) is 0 Å². The van der Waals surface area contributed by atoms with Crippen LogP contribution in [-0.2, 0) is 9.53 Å². The van der Waals surface area contributed by atoms with Crippen LogP contribution in [0.1, 0.15) is 46.0 Å². The van der Waals surface area contributed by atoms with Gasteiger partial charge in [-0.3, -0.25) is 4.79 Å². The maximum absolute atomic E-state index is 9.96. The summed E-state index contributed by atoms with van der Waals surface area (Å²) in [5.74, 6) is 0. The van der Waals surface area contributed by atoms with E-state index in [0.717, 1.165) is 13.0 Å². The summed E-state index contributed by atoms with van der Waals surface area (Å²) < 4.78 is 4.69. The Morgan fingerprint density at radius 3 is 2.00 bits per heavy atom. The molecular weight excluding hydrogens is 190 g/mol. The molecule has 0 radical (unpaired) electrons. The number of carbonyl (C=O) groups excluding carboxylic acids is 1. The normalized spacial score (nSPS) is 10.6. The first-order valence-electron chi connectivity index (χ1n) is 6.12. The summed E-state index contributed by atoms with van der Waals surface area (Å²) in [6.45, 7) is 8.92. The summed E-state index contributed by atoms with van der Waals surface area (Å²) in [7, 11) is 0. The monoisotopic (exact) mass is 215 g/mol. The van der Waals surface area contributed by atoms with Gasteiger partial charge in [0, 0.05) is 6.54 Å². The van der Waals surface area contributed by atoms with E-state index < -0.39 is 0 Å². The number of carbonyl (C=O) groups is 1. The van der Waals surface area contributed by atoms with Gasteiger partial charge in [0.25, 0.3) is 6.47 Å². The van der Waals surface area contributed by atoms with Crippen LogP contribution in [0.2, 0.25) is 0 Å². The number of nitrogens with zero attached hydrogens (tertiary/aromatic N) is 1. The van der Waals surface area contributed by atoms with Crippen molar-refractivity contribution in [1.82, 2.24) is 4.90 Å². The highest BCUT2D eigenvalue weighted by molar-refractivity contribution is 5.36. The van der Waals surface area contributed by atoms with Crippen LogP contribution in [0.15, 0.2) is 0 Å². The third kappa shape index (κ3) is 9.73. The van der Waals surface area contributed by atoms with Crippen molar-refractivity contribution in [2.75, 3.05) is 26.2 Å². The lowest BCUT2D eigenvalue weighted by molar-refractivity contribution is -0.128. The molecule has 15 heavy (non-hydrogen) atoms. The van der Waals surface area contributed by atoms with Crippen molar-refractivity contribution >= 4 is 6.47 Å². The van der Waals surface area contributed by atoms with E-state index in [9.17, 15) is 4.79 Å². The van der Waals surface area contributed by atoms with Crippen LogP contribution in [-0.4, -0.2) is 37.6 Å². The first kappa shape index (κ1) is 14.4. The van der Waals surface area contributed by atoms with Crippen LogP contribution in [0.3, 0.4) is 0 Å². The molecule has 0 bridgehead atoms. The Hall–Kier alpha value is -0.570. The number of rotatable bonds is 11. The van der Waals surface area contributed by atoms with Crippen LogP contribution in [0.25, 0.3) is 0 Å². The number of hydrogen-bond acceptors (Lipinski definition) is 3. The van der Waals surface area contributed by atoms with Gasteiger partial charge in [-0.1, -0.05) is 26.7 Å². The molecule has 0 atom stereocenters. The average Bonchev–Trinajstić information content (AvgIpc) is 2.27. The molecule has 0 saturated heterocycles. The third-order valence-electron chi connectivity index (χ3n) is 2.46. The highest BCUT2D eigenvalue weighted by Crippen LogP contribution is 2.00. The Labute approximate surface area is 93.8 Å². The lowest BCUT2D eigenvalue weighted by Gasteiger charge is -2.21. The standard InChI is InChI=1S/C12H25NO2/c1-3-5-8-13(9-6-4-2)10-7-11-15-12-14/h12H,3-11H2,1-2H3. The summed E-state index contributed by atoms with van der Waals surface area (Å²) in [5, 5.41) is 0. The second kappa shape index (κ2) is 11.5. The van der Waals surface area contributed by atoms with Gasteiger partial charge in [-0.05, 0) is 32.4 Å². The van der Waals surface area contributed by atoms with Crippen molar-refractivity contribution in [3.8, 4) is 0 Å². The minimum absolute atomic E-state index is 0.530. The fourth-order valence-corrected chi connectivity index (χ4v) is 1.52. The third-order valence-corrected chi connectivity index (χ3v) is 2.46. The Morgan fingerprint density at radius 1 is 1.00 bits per heavy atom. The van der Waals surface area contributed by atoms with Gasteiger partial charge in [0.05, 0.1) is 6.61 Å². The van der Waals surface area contributed by atoms with E-state index in [4.69, 9.17) is 0 Å². The molecule has 0 aromatic heterocycles. The molecule has 0 fully saturated rings. The van der Waals surface area contributed by atoms with Crippen LogP contribution >= 0.6 is 0 Å². The van der Waals surface area contributed by atoms with Crippen molar-refractivity contribution < 1.29 is 9.53 Å². The summed E-state index contributed by atoms with van der Waals surface area (Å²) in [6.07, 6.45) is 5.96. The molecule has 0 saturated carbocycles. The number of unbranched alkanes of at least 4 members (excludes halogenated alkanes) is 2. The zero-order chi connectivity index (χ0) is 11.4. The molecule has 0 heterocycles. The van der Waals surface area contributed by atoms with Gasteiger partial charge in [-0.2, -0.15) is 0 Å². The highest BCUT2D eigenvalue weighted by atomic mass is 16.5. The summed E-state index contributed by atoms with van der Waals surface area (Å²) in [5.41, 5.74) is 0. The second-order valence-electron chi connectivity index (χ2n) is 3.87. The first-order chi connectivity index (χ1) is 7.35. The first-order valence-corrected chi connectivity index (χ1v) is 6.12. The summed E-state index contributed by atoms with van der Waals surface area (Å²) in [6, 6.07) is 0. The maximum Gasteiger partial charge on any atom is 0.293 e. The van der Waals surface area contributed by atoms with Crippen LogP contribution in [0, 0.1) is 0 Å². The van der Waals surface area contributed by atoms with E-state index in [-0.39, 0.29) is 0 Å². The Morgan fingerprint density at radius 2 is 1.53 bits per heavy atom. The molecule has 0 aliphatic heterocycles. The van der Waals surface area contributed by atoms with Gasteiger partial charge in [0.2, 0.25) is 0 Å². The molecule has 3 heteroatoms. The van der Waals surface area contributed by atoms with Crippen LogP contribution < -0.4 is 0 Å².